The summed E-state index contributed by atoms with van der Waals surface area (Å²) >= 11 is 0. The molecular weight excluding hydrogens is 498 g/mol. The number of piperidine rings is 1. The van der Waals surface area contributed by atoms with E-state index in [4.69, 9.17) is 9.47 Å². The van der Waals surface area contributed by atoms with Gasteiger partial charge in [-0.3, -0.25) is 19.8 Å². The van der Waals surface area contributed by atoms with Crippen molar-refractivity contribution in [2.75, 3.05) is 57.3 Å². The zero-order chi connectivity index (χ0) is 26.4. The molecule has 0 atom stereocenters. The van der Waals surface area contributed by atoms with E-state index < -0.39 is 16.6 Å². The van der Waals surface area contributed by atoms with E-state index in [2.05, 4.69) is 4.90 Å². The Morgan fingerprint density at radius 1 is 1.05 bits per heavy atom. The maximum atomic E-state index is 14.1. The van der Waals surface area contributed by atoms with Crippen molar-refractivity contribution in [3.05, 3.63) is 58.1 Å². The van der Waals surface area contributed by atoms with E-state index in [1.807, 2.05) is 9.80 Å². The number of hydrogen-bond acceptors (Lipinski definition) is 7. The number of anilines is 1. The summed E-state index contributed by atoms with van der Waals surface area (Å²) in [6.45, 7) is 6.54. The number of likely N-dealkylation sites (tertiary alicyclic amines) is 1. The van der Waals surface area contributed by atoms with Crippen molar-refractivity contribution >= 4 is 17.3 Å². The Balaban J connectivity index is 0.00000400. The first-order valence-corrected chi connectivity index (χ1v) is 12.6. The van der Waals surface area contributed by atoms with E-state index in [0.717, 1.165) is 6.07 Å². The maximum absolute atomic E-state index is 14.1. The summed E-state index contributed by atoms with van der Waals surface area (Å²) < 4.78 is 38.6. The van der Waals surface area contributed by atoms with E-state index >= 15 is 0 Å². The van der Waals surface area contributed by atoms with Gasteiger partial charge >= 0.3 is 5.69 Å². The lowest BCUT2D eigenvalue weighted by Crippen LogP contribution is -2.48. The van der Waals surface area contributed by atoms with Gasteiger partial charge in [0.25, 0.3) is 0 Å². The minimum atomic E-state index is -0.587. The lowest BCUT2D eigenvalue weighted by Gasteiger charge is -2.37. The second-order valence-corrected chi connectivity index (χ2v) is 9.19. The molecular formula is C27H36F2N4O5. The number of ether oxygens (including phenoxy) is 2. The molecule has 2 aromatic rings. The van der Waals surface area contributed by atoms with Gasteiger partial charge in [-0.1, -0.05) is 7.43 Å². The predicted molar refractivity (Wildman–Crippen MR) is 141 cm³/mol. The van der Waals surface area contributed by atoms with Crippen LogP contribution in [-0.4, -0.2) is 79.2 Å². The fraction of sp³-hybridized carbons (Fsp3) is 0.519. The Bertz CT molecular complexity index is 1100. The Morgan fingerprint density at radius 3 is 2.39 bits per heavy atom. The largest absolute Gasteiger partial charge is 0.490 e. The van der Waals surface area contributed by atoms with Crippen LogP contribution in [0.2, 0.25) is 0 Å². The fourth-order valence-electron chi connectivity index (χ4n) is 4.77. The summed E-state index contributed by atoms with van der Waals surface area (Å²) in [6, 6.07) is 8.14. The van der Waals surface area contributed by atoms with Crippen molar-refractivity contribution < 1.29 is 28.0 Å². The minimum absolute atomic E-state index is 0. The van der Waals surface area contributed by atoms with Gasteiger partial charge in [0.1, 0.15) is 23.5 Å². The van der Waals surface area contributed by atoms with Gasteiger partial charge in [-0.05, 0) is 25.1 Å². The zero-order valence-electron chi connectivity index (χ0n) is 20.9. The Kier molecular flexibility index (Phi) is 10.2. The Morgan fingerprint density at radius 2 is 1.76 bits per heavy atom. The molecule has 2 aliphatic rings. The van der Waals surface area contributed by atoms with Crippen LogP contribution in [0.4, 0.5) is 20.2 Å². The summed E-state index contributed by atoms with van der Waals surface area (Å²) in [5.74, 6) is -0.352. The third-order valence-corrected chi connectivity index (χ3v) is 6.79. The standard InChI is InChI=1S/C26H32F2N4O5.CH4/c1-2-36-25-18-21(4-6-24(25)32(34)35)37-20-7-11-31(12-8-20)26(33)9-10-29-13-15-30(16-14-29)23-5-3-19(27)17-22(23)28;/h3-6,17-18,20H,2,7-16H2,1H3;1H4. The average molecular weight is 535 g/mol. The number of nitro groups is 1. The summed E-state index contributed by atoms with van der Waals surface area (Å²) in [5.41, 5.74) is 0.309. The number of nitro benzene ring substituents is 1. The quantitative estimate of drug-likeness (QED) is 0.346. The van der Waals surface area contributed by atoms with Crippen LogP contribution < -0.4 is 14.4 Å². The number of amides is 1. The molecule has 1 amide bonds. The number of nitrogens with zero attached hydrogens (tertiary/aromatic N) is 4. The second-order valence-electron chi connectivity index (χ2n) is 9.19. The Hall–Kier alpha value is -3.47. The van der Waals surface area contributed by atoms with E-state index in [-0.39, 0.29) is 30.9 Å². The molecule has 0 N–H and O–H groups in total. The van der Waals surface area contributed by atoms with Crippen molar-refractivity contribution in [3.63, 3.8) is 0 Å². The van der Waals surface area contributed by atoms with Gasteiger partial charge in [0, 0.05) is 83.3 Å². The lowest BCUT2D eigenvalue weighted by atomic mass is 10.1. The molecule has 2 saturated heterocycles. The molecule has 38 heavy (non-hydrogen) atoms. The highest BCUT2D eigenvalue weighted by molar-refractivity contribution is 5.76. The van der Waals surface area contributed by atoms with Crippen molar-refractivity contribution in [3.8, 4) is 11.5 Å². The molecule has 0 spiro atoms. The van der Waals surface area contributed by atoms with Crippen LogP contribution in [0, 0.1) is 21.7 Å². The molecule has 0 saturated carbocycles. The summed E-state index contributed by atoms with van der Waals surface area (Å²) in [4.78, 5) is 29.4. The fourth-order valence-corrected chi connectivity index (χ4v) is 4.77. The molecule has 4 rings (SSSR count). The maximum Gasteiger partial charge on any atom is 0.311 e. The van der Waals surface area contributed by atoms with Crippen LogP contribution in [-0.2, 0) is 4.79 Å². The van der Waals surface area contributed by atoms with Crippen LogP contribution in [0.1, 0.15) is 33.6 Å². The normalized spacial score (nSPS) is 16.6. The molecule has 208 valence electrons. The second kappa shape index (κ2) is 13.4. The van der Waals surface area contributed by atoms with E-state index in [9.17, 15) is 23.7 Å². The van der Waals surface area contributed by atoms with E-state index in [0.29, 0.717) is 83.1 Å². The molecule has 0 bridgehead atoms. The number of rotatable bonds is 9. The van der Waals surface area contributed by atoms with Crippen molar-refractivity contribution in [2.24, 2.45) is 0 Å². The number of benzene rings is 2. The zero-order valence-corrected chi connectivity index (χ0v) is 20.9. The topological polar surface area (TPSA) is 88.4 Å². The number of halogens is 2. The number of hydrogen-bond donors (Lipinski definition) is 0. The first-order valence-electron chi connectivity index (χ1n) is 12.6. The van der Waals surface area contributed by atoms with E-state index in [1.54, 1.807) is 19.1 Å². The van der Waals surface area contributed by atoms with Gasteiger partial charge in [0.15, 0.2) is 0 Å². The van der Waals surface area contributed by atoms with Gasteiger partial charge in [-0.25, -0.2) is 8.78 Å². The van der Waals surface area contributed by atoms with Crippen LogP contribution >= 0.6 is 0 Å². The van der Waals surface area contributed by atoms with Crippen LogP contribution in [0.5, 0.6) is 11.5 Å². The van der Waals surface area contributed by atoms with Crippen molar-refractivity contribution in [1.29, 1.82) is 0 Å². The van der Waals surface area contributed by atoms with Crippen LogP contribution in [0.25, 0.3) is 0 Å². The van der Waals surface area contributed by atoms with Crippen LogP contribution in [0.3, 0.4) is 0 Å². The number of carbonyl (C=O) groups is 1. The average Bonchev–Trinajstić information content (AvgIpc) is 2.88. The predicted octanol–water partition coefficient (Wildman–Crippen LogP) is 4.49. The minimum Gasteiger partial charge on any atom is -0.490 e. The van der Waals surface area contributed by atoms with Gasteiger partial charge in [0.05, 0.1) is 17.2 Å². The summed E-state index contributed by atoms with van der Waals surface area (Å²) in [5, 5.41) is 11.2. The smallest absolute Gasteiger partial charge is 0.311 e. The highest BCUT2D eigenvalue weighted by Gasteiger charge is 2.26. The summed E-state index contributed by atoms with van der Waals surface area (Å²) in [7, 11) is 0. The third kappa shape index (κ3) is 7.31. The van der Waals surface area contributed by atoms with Gasteiger partial charge in [-0.2, -0.15) is 0 Å². The molecule has 2 heterocycles. The highest BCUT2D eigenvalue weighted by Crippen LogP contribution is 2.32. The molecule has 2 aromatic carbocycles. The molecule has 11 heteroatoms. The molecule has 9 nitrogen and oxygen atoms in total. The van der Waals surface area contributed by atoms with Crippen molar-refractivity contribution in [1.82, 2.24) is 9.80 Å². The highest BCUT2D eigenvalue weighted by atomic mass is 19.1. The van der Waals surface area contributed by atoms with Gasteiger partial charge in [0.2, 0.25) is 11.7 Å². The first-order chi connectivity index (χ1) is 17.8. The molecule has 0 unspecified atom stereocenters. The molecule has 2 fully saturated rings. The monoisotopic (exact) mass is 534 g/mol. The third-order valence-electron chi connectivity index (χ3n) is 6.79. The van der Waals surface area contributed by atoms with Gasteiger partial charge in [-0.15, -0.1) is 0 Å². The van der Waals surface area contributed by atoms with E-state index in [1.165, 1.54) is 18.2 Å². The molecule has 2 aliphatic heterocycles. The molecule has 0 radical (unpaired) electrons. The Labute approximate surface area is 222 Å². The van der Waals surface area contributed by atoms with Gasteiger partial charge < -0.3 is 19.3 Å². The number of piperazine rings is 1. The van der Waals surface area contributed by atoms with Crippen molar-refractivity contribution in [2.45, 2.75) is 39.7 Å². The molecule has 0 aromatic heterocycles. The van der Waals surface area contributed by atoms with Crippen LogP contribution in [0.15, 0.2) is 36.4 Å². The number of carbonyl (C=O) groups excluding carboxylic acids is 1. The summed E-state index contributed by atoms with van der Waals surface area (Å²) in [6.07, 6.45) is 1.68. The SMILES string of the molecule is C.CCOc1cc(OC2CCN(C(=O)CCN3CCN(c4ccc(F)cc4F)CC3)CC2)ccc1[N+](=O)[O-]. The first kappa shape index (κ1) is 29.1. The lowest BCUT2D eigenvalue weighted by molar-refractivity contribution is -0.385. The molecule has 0 aliphatic carbocycles.